The number of carbonyl (C=O) groups excluding carboxylic acids is 1. The topological polar surface area (TPSA) is 91.6 Å². The minimum absolute atomic E-state index is 0.0282. The number of carbonyl (C=O) groups is 1. The van der Waals surface area contributed by atoms with Crippen molar-refractivity contribution in [2.24, 2.45) is 0 Å². The van der Waals surface area contributed by atoms with Gasteiger partial charge in [-0.3, -0.25) is 19.8 Å². The Bertz CT molecular complexity index is 597. The molecule has 1 saturated carbocycles. The van der Waals surface area contributed by atoms with Crippen LogP contribution in [0, 0.1) is 10.1 Å². The van der Waals surface area contributed by atoms with Gasteiger partial charge in [0, 0.05) is 44.5 Å². The van der Waals surface area contributed by atoms with Crippen LogP contribution in [0.3, 0.4) is 0 Å². The third kappa shape index (κ3) is 3.58. The quantitative estimate of drug-likeness (QED) is 0.637. The number of nitro groups is 1. The van der Waals surface area contributed by atoms with E-state index in [0.717, 1.165) is 12.8 Å². The van der Waals surface area contributed by atoms with Crippen LogP contribution in [0.1, 0.15) is 19.8 Å². The summed E-state index contributed by atoms with van der Waals surface area (Å²) in [5, 5.41) is 14.1. The van der Waals surface area contributed by atoms with Crippen LogP contribution in [0.5, 0.6) is 0 Å². The van der Waals surface area contributed by atoms with E-state index < -0.39 is 4.92 Å². The summed E-state index contributed by atoms with van der Waals surface area (Å²) >= 11 is 0. The Morgan fingerprint density at radius 1 is 1.39 bits per heavy atom. The minimum atomic E-state index is -0.402. The van der Waals surface area contributed by atoms with E-state index in [1.165, 1.54) is 6.07 Å². The third-order valence-electron chi connectivity index (χ3n) is 4.43. The summed E-state index contributed by atoms with van der Waals surface area (Å²) in [6, 6.07) is 3.24. The molecule has 3 rings (SSSR count). The van der Waals surface area contributed by atoms with Crippen LogP contribution in [-0.4, -0.2) is 59.0 Å². The molecule has 23 heavy (non-hydrogen) atoms. The summed E-state index contributed by atoms with van der Waals surface area (Å²) in [6.07, 6.45) is 3.73. The van der Waals surface area contributed by atoms with Gasteiger partial charge in [0.1, 0.15) is 0 Å². The van der Waals surface area contributed by atoms with E-state index in [4.69, 9.17) is 0 Å². The maximum Gasteiger partial charge on any atom is 0.311 e. The van der Waals surface area contributed by atoms with Crippen molar-refractivity contribution in [3.63, 3.8) is 0 Å². The molecule has 1 amide bonds. The van der Waals surface area contributed by atoms with Crippen molar-refractivity contribution in [1.82, 2.24) is 15.2 Å². The molecule has 1 atom stereocenters. The molecule has 2 heterocycles. The highest BCUT2D eigenvalue weighted by atomic mass is 16.6. The van der Waals surface area contributed by atoms with Crippen LogP contribution in [0.2, 0.25) is 0 Å². The highest BCUT2D eigenvalue weighted by Crippen LogP contribution is 2.26. The van der Waals surface area contributed by atoms with Crippen molar-refractivity contribution in [3.8, 4) is 0 Å². The maximum absolute atomic E-state index is 12.1. The number of hydrogen-bond donors (Lipinski definition) is 1. The number of nitrogens with one attached hydrogen (secondary N) is 1. The van der Waals surface area contributed by atoms with Crippen molar-refractivity contribution in [2.75, 3.05) is 31.1 Å². The summed E-state index contributed by atoms with van der Waals surface area (Å²) in [5.74, 6) is 0.483. The van der Waals surface area contributed by atoms with Crippen LogP contribution in [0.25, 0.3) is 0 Å². The number of hydrogen-bond acceptors (Lipinski definition) is 6. The lowest BCUT2D eigenvalue weighted by Crippen LogP contribution is -2.54. The van der Waals surface area contributed by atoms with Crippen LogP contribution < -0.4 is 10.2 Å². The number of aromatic nitrogens is 1. The second kappa shape index (κ2) is 6.49. The molecule has 124 valence electrons. The zero-order valence-electron chi connectivity index (χ0n) is 13.1. The Morgan fingerprint density at radius 2 is 2.09 bits per heavy atom. The standard InChI is InChI=1S/C15H21N5O3/c1-11(15(21)17-12-4-5-12)18-7-9-19(10-8-18)14-13(20(22)23)3-2-6-16-14/h2-3,6,11-12H,4-5,7-10H2,1H3,(H,17,21)/t11-/m1/s1. The fourth-order valence-electron chi connectivity index (χ4n) is 2.81. The number of rotatable bonds is 5. The number of amides is 1. The molecule has 2 fully saturated rings. The first-order valence-corrected chi connectivity index (χ1v) is 7.95. The van der Waals surface area contributed by atoms with Gasteiger partial charge < -0.3 is 10.2 Å². The molecular formula is C15H21N5O3. The normalized spacial score (nSPS) is 20.1. The Morgan fingerprint density at radius 3 is 2.70 bits per heavy atom. The smallest absolute Gasteiger partial charge is 0.311 e. The zero-order valence-corrected chi connectivity index (χ0v) is 13.1. The number of nitrogens with zero attached hydrogens (tertiary/aromatic N) is 4. The molecule has 8 nitrogen and oxygen atoms in total. The molecule has 1 aliphatic heterocycles. The van der Waals surface area contributed by atoms with Gasteiger partial charge in [-0.15, -0.1) is 0 Å². The molecule has 1 aliphatic carbocycles. The van der Waals surface area contributed by atoms with Crippen molar-refractivity contribution >= 4 is 17.4 Å². The Hall–Kier alpha value is -2.22. The lowest BCUT2D eigenvalue weighted by molar-refractivity contribution is -0.384. The van der Waals surface area contributed by atoms with E-state index in [0.29, 0.717) is 38.0 Å². The first-order chi connectivity index (χ1) is 11.1. The molecule has 1 aromatic rings. The SMILES string of the molecule is C[C@H](C(=O)NC1CC1)N1CCN(c2ncccc2[N+](=O)[O-])CC1. The van der Waals surface area contributed by atoms with Crippen LogP contribution in [-0.2, 0) is 4.79 Å². The van der Waals surface area contributed by atoms with E-state index in [1.807, 2.05) is 11.8 Å². The van der Waals surface area contributed by atoms with Crippen LogP contribution in [0.15, 0.2) is 18.3 Å². The van der Waals surface area contributed by atoms with Gasteiger partial charge >= 0.3 is 5.69 Å². The monoisotopic (exact) mass is 319 g/mol. The van der Waals surface area contributed by atoms with Gasteiger partial charge in [-0.1, -0.05) is 0 Å². The number of anilines is 1. The van der Waals surface area contributed by atoms with E-state index >= 15 is 0 Å². The first kappa shape index (κ1) is 15.7. The van der Waals surface area contributed by atoms with Crippen LogP contribution >= 0.6 is 0 Å². The van der Waals surface area contributed by atoms with Gasteiger partial charge in [-0.2, -0.15) is 0 Å². The number of pyridine rings is 1. The molecule has 0 radical (unpaired) electrons. The van der Waals surface area contributed by atoms with Gasteiger partial charge in [-0.05, 0) is 25.8 Å². The first-order valence-electron chi connectivity index (χ1n) is 7.95. The van der Waals surface area contributed by atoms with Crippen molar-refractivity contribution in [3.05, 3.63) is 28.4 Å². The van der Waals surface area contributed by atoms with E-state index in [1.54, 1.807) is 12.3 Å². The van der Waals surface area contributed by atoms with E-state index in [-0.39, 0.29) is 17.6 Å². The summed E-state index contributed by atoms with van der Waals surface area (Å²) in [5.41, 5.74) is 0.0282. The van der Waals surface area contributed by atoms with Crippen molar-refractivity contribution < 1.29 is 9.72 Å². The van der Waals surface area contributed by atoms with Gasteiger partial charge in [0.15, 0.2) is 0 Å². The molecule has 1 saturated heterocycles. The van der Waals surface area contributed by atoms with E-state index in [9.17, 15) is 14.9 Å². The van der Waals surface area contributed by atoms with Gasteiger partial charge in [-0.25, -0.2) is 4.98 Å². The molecule has 0 unspecified atom stereocenters. The van der Waals surface area contributed by atoms with Gasteiger partial charge in [0.2, 0.25) is 11.7 Å². The Kier molecular flexibility index (Phi) is 4.42. The Labute approximate surface area is 134 Å². The molecule has 0 bridgehead atoms. The second-order valence-electron chi connectivity index (χ2n) is 6.09. The minimum Gasteiger partial charge on any atom is -0.352 e. The van der Waals surface area contributed by atoms with Crippen molar-refractivity contribution in [2.45, 2.75) is 31.8 Å². The third-order valence-corrected chi connectivity index (χ3v) is 4.43. The lowest BCUT2D eigenvalue weighted by atomic mass is 10.2. The molecule has 8 heteroatoms. The highest BCUT2D eigenvalue weighted by molar-refractivity contribution is 5.81. The van der Waals surface area contributed by atoms with Gasteiger partial charge in [0.25, 0.3) is 0 Å². The highest BCUT2D eigenvalue weighted by Gasteiger charge is 2.31. The Balaban J connectivity index is 1.60. The molecule has 1 N–H and O–H groups in total. The summed E-state index contributed by atoms with van der Waals surface area (Å²) in [4.78, 5) is 31.0. The second-order valence-corrected chi connectivity index (χ2v) is 6.09. The van der Waals surface area contributed by atoms with Crippen LogP contribution in [0.4, 0.5) is 11.5 Å². The molecular weight excluding hydrogens is 298 g/mol. The van der Waals surface area contributed by atoms with Crippen molar-refractivity contribution in [1.29, 1.82) is 0 Å². The largest absolute Gasteiger partial charge is 0.352 e. The fraction of sp³-hybridized carbons (Fsp3) is 0.600. The average Bonchev–Trinajstić information content (AvgIpc) is 3.38. The average molecular weight is 319 g/mol. The number of piperazine rings is 1. The van der Waals surface area contributed by atoms with Gasteiger partial charge in [0.05, 0.1) is 11.0 Å². The molecule has 1 aromatic heterocycles. The zero-order chi connectivity index (χ0) is 16.4. The fourth-order valence-corrected chi connectivity index (χ4v) is 2.81. The maximum atomic E-state index is 12.1. The predicted molar refractivity (Wildman–Crippen MR) is 85.3 cm³/mol. The molecule has 2 aliphatic rings. The molecule has 0 aromatic carbocycles. The predicted octanol–water partition coefficient (Wildman–Crippen LogP) is 0.779. The summed E-state index contributed by atoms with van der Waals surface area (Å²) in [6.45, 7) is 4.54. The lowest BCUT2D eigenvalue weighted by Gasteiger charge is -2.37. The summed E-state index contributed by atoms with van der Waals surface area (Å²) in [7, 11) is 0. The summed E-state index contributed by atoms with van der Waals surface area (Å²) < 4.78 is 0. The van der Waals surface area contributed by atoms with E-state index in [2.05, 4.69) is 15.2 Å². The molecule has 0 spiro atoms.